The SMILES string of the molecule is CCOC(=O)c1ccc(OCC(O)Cn2cnc3sc(CC)cc3c2=O)cc1. The number of esters is 1. The highest BCUT2D eigenvalue weighted by Crippen LogP contribution is 2.21. The molecule has 8 heteroatoms. The number of benzene rings is 1. The van der Waals surface area contributed by atoms with E-state index in [4.69, 9.17) is 9.47 Å². The van der Waals surface area contributed by atoms with E-state index in [1.165, 1.54) is 22.2 Å². The molecule has 28 heavy (non-hydrogen) atoms. The number of hydrogen-bond acceptors (Lipinski definition) is 7. The zero-order valence-corrected chi connectivity index (χ0v) is 16.6. The van der Waals surface area contributed by atoms with E-state index in [0.717, 1.165) is 11.3 Å². The Kier molecular flexibility index (Phi) is 6.43. The van der Waals surface area contributed by atoms with Gasteiger partial charge in [-0.1, -0.05) is 6.92 Å². The molecule has 1 N–H and O–H groups in total. The first kappa shape index (κ1) is 20.0. The minimum absolute atomic E-state index is 0.00702. The highest BCUT2D eigenvalue weighted by atomic mass is 32.1. The number of carbonyl (C=O) groups is 1. The van der Waals surface area contributed by atoms with Crippen molar-refractivity contribution in [1.82, 2.24) is 9.55 Å². The van der Waals surface area contributed by atoms with Gasteiger partial charge in [0.15, 0.2) is 0 Å². The Labute approximate surface area is 166 Å². The van der Waals surface area contributed by atoms with E-state index in [1.54, 1.807) is 31.2 Å². The van der Waals surface area contributed by atoms with Gasteiger partial charge in [-0.15, -0.1) is 11.3 Å². The number of rotatable bonds is 8. The van der Waals surface area contributed by atoms with Gasteiger partial charge in [0.25, 0.3) is 5.56 Å². The molecule has 1 atom stereocenters. The Balaban J connectivity index is 1.60. The minimum atomic E-state index is -0.883. The fourth-order valence-corrected chi connectivity index (χ4v) is 3.61. The number of aliphatic hydroxyl groups excluding tert-OH is 1. The van der Waals surface area contributed by atoms with E-state index in [0.29, 0.717) is 28.1 Å². The van der Waals surface area contributed by atoms with Gasteiger partial charge in [-0.2, -0.15) is 0 Å². The zero-order valence-electron chi connectivity index (χ0n) is 15.8. The van der Waals surface area contributed by atoms with Crippen LogP contribution < -0.4 is 10.3 Å². The molecule has 0 aliphatic rings. The normalized spacial score (nSPS) is 12.1. The van der Waals surface area contributed by atoms with Gasteiger partial charge in [-0.25, -0.2) is 9.78 Å². The molecule has 0 aliphatic carbocycles. The largest absolute Gasteiger partial charge is 0.491 e. The van der Waals surface area contributed by atoms with Crippen LogP contribution in [0.4, 0.5) is 0 Å². The molecule has 1 aromatic carbocycles. The summed E-state index contributed by atoms with van der Waals surface area (Å²) in [7, 11) is 0. The number of fused-ring (bicyclic) bond motifs is 1. The number of thiophene rings is 1. The maximum absolute atomic E-state index is 12.6. The molecule has 3 aromatic rings. The van der Waals surface area contributed by atoms with Crippen molar-refractivity contribution >= 4 is 27.5 Å². The van der Waals surface area contributed by atoms with Crippen molar-refractivity contribution in [3.8, 4) is 5.75 Å². The van der Waals surface area contributed by atoms with Gasteiger partial charge >= 0.3 is 5.97 Å². The molecule has 0 spiro atoms. The second-order valence-corrected chi connectivity index (χ2v) is 7.31. The average Bonchev–Trinajstić information content (AvgIpc) is 3.13. The lowest BCUT2D eigenvalue weighted by Crippen LogP contribution is -2.30. The Morgan fingerprint density at radius 1 is 1.29 bits per heavy atom. The number of hydrogen-bond donors (Lipinski definition) is 1. The van der Waals surface area contributed by atoms with Crippen molar-refractivity contribution in [3.05, 3.63) is 57.5 Å². The summed E-state index contributed by atoms with van der Waals surface area (Å²) < 4.78 is 11.9. The highest BCUT2D eigenvalue weighted by Gasteiger charge is 2.13. The van der Waals surface area contributed by atoms with Crippen LogP contribution in [0.25, 0.3) is 10.2 Å². The van der Waals surface area contributed by atoms with Crippen LogP contribution in [-0.2, 0) is 17.7 Å². The third-order valence-corrected chi connectivity index (χ3v) is 5.32. The summed E-state index contributed by atoms with van der Waals surface area (Å²) in [5.41, 5.74) is 0.265. The van der Waals surface area contributed by atoms with Crippen LogP contribution in [0, 0.1) is 0 Å². The van der Waals surface area contributed by atoms with Crippen LogP contribution >= 0.6 is 11.3 Å². The van der Waals surface area contributed by atoms with Crippen molar-refractivity contribution in [2.24, 2.45) is 0 Å². The Hall–Kier alpha value is -2.71. The number of nitrogens with zero attached hydrogens (tertiary/aromatic N) is 2. The summed E-state index contributed by atoms with van der Waals surface area (Å²) in [5.74, 6) is 0.120. The summed E-state index contributed by atoms with van der Waals surface area (Å²) in [6.07, 6.45) is 1.43. The molecule has 0 aliphatic heterocycles. The predicted molar refractivity (Wildman–Crippen MR) is 107 cm³/mol. The van der Waals surface area contributed by atoms with E-state index in [-0.39, 0.29) is 18.7 Å². The van der Waals surface area contributed by atoms with Crippen LogP contribution in [0.2, 0.25) is 0 Å². The topological polar surface area (TPSA) is 90.7 Å². The first-order chi connectivity index (χ1) is 13.5. The second-order valence-electron chi connectivity index (χ2n) is 6.20. The van der Waals surface area contributed by atoms with E-state index < -0.39 is 12.1 Å². The molecule has 0 radical (unpaired) electrons. The van der Waals surface area contributed by atoms with Gasteiger partial charge in [0.1, 0.15) is 23.3 Å². The first-order valence-electron chi connectivity index (χ1n) is 9.07. The lowest BCUT2D eigenvalue weighted by Gasteiger charge is -2.14. The van der Waals surface area contributed by atoms with Crippen molar-refractivity contribution in [2.75, 3.05) is 13.2 Å². The summed E-state index contributed by atoms with van der Waals surface area (Å²) >= 11 is 1.51. The number of aromatic nitrogens is 2. The Bertz CT molecular complexity index is 1010. The molecule has 0 fully saturated rings. The maximum atomic E-state index is 12.6. The fourth-order valence-electron chi connectivity index (χ4n) is 2.69. The number of aryl methyl sites for hydroxylation is 1. The average molecular weight is 402 g/mol. The monoisotopic (exact) mass is 402 g/mol. The van der Waals surface area contributed by atoms with Crippen LogP contribution in [0.15, 0.2) is 41.5 Å². The fraction of sp³-hybridized carbons (Fsp3) is 0.350. The van der Waals surface area contributed by atoms with E-state index in [9.17, 15) is 14.7 Å². The second kappa shape index (κ2) is 8.99. The Morgan fingerprint density at radius 2 is 2.04 bits per heavy atom. The van der Waals surface area contributed by atoms with Gasteiger partial charge in [0, 0.05) is 4.88 Å². The molecule has 0 amide bonds. The summed E-state index contributed by atoms with van der Waals surface area (Å²) in [6.45, 7) is 4.18. The van der Waals surface area contributed by atoms with Crippen LogP contribution in [-0.4, -0.2) is 39.9 Å². The van der Waals surface area contributed by atoms with Crippen molar-refractivity contribution in [2.45, 2.75) is 32.9 Å². The van der Waals surface area contributed by atoms with Gasteiger partial charge in [-0.3, -0.25) is 9.36 Å². The smallest absolute Gasteiger partial charge is 0.338 e. The van der Waals surface area contributed by atoms with Crippen LogP contribution in [0.1, 0.15) is 29.1 Å². The zero-order chi connectivity index (χ0) is 20.1. The van der Waals surface area contributed by atoms with E-state index >= 15 is 0 Å². The molecule has 3 rings (SSSR count). The molecule has 7 nitrogen and oxygen atoms in total. The maximum Gasteiger partial charge on any atom is 0.338 e. The Morgan fingerprint density at radius 3 is 2.71 bits per heavy atom. The van der Waals surface area contributed by atoms with Gasteiger partial charge in [0.2, 0.25) is 0 Å². The summed E-state index contributed by atoms with van der Waals surface area (Å²) in [5, 5.41) is 10.8. The number of carbonyl (C=O) groups excluding carboxylic acids is 1. The quantitative estimate of drug-likeness (QED) is 0.583. The van der Waals surface area contributed by atoms with Crippen molar-refractivity contribution in [3.63, 3.8) is 0 Å². The predicted octanol–water partition coefficient (Wildman–Crippen LogP) is 2.64. The lowest BCUT2D eigenvalue weighted by molar-refractivity contribution is 0.0526. The van der Waals surface area contributed by atoms with Gasteiger partial charge in [-0.05, 0) is 43.7 Å². The van der Waals surface area contributed by atoms with E-state index in [2.05, 4.69) is 4.98 Å². The molecular formula is C20H22N2O5S. The molecule has 2 heterocycles. The first-order valence-corrected chi connectivity index (χ1v) is 9.89. The van der Waals surface area contributed by atoms with Crippen molar-refractivity contribution < 1.29 is 19.4 Å². The van der Waals surface area contributed by atoms with Crippen molar-refractivity contribution in [1.29, 1.82) is 0 Å². The minimum Gasteiger partial charge on any atom is -0.491 e. The van der Waals surface area contributed by atoms with Gasteiger partial charge in [0.05, 0.1) is 30.4 Å². The van der Waals surface area contributed by atoms with Crippen LogP contribution in [0.5, 0.6) is 5.75 Å². The third-order valence-electron chi connectivity index (χ3n) is 4.13. The molecular weight excluding hydrogens is 380 g/mol. The lowest BCUT2D eigenvalue weighted by atomic mass is 10.2. The summed E-state index contributed by atoms with van der Waals surface area (Å²) in [6, 6.07) is 8.33. The molecule has 2 aromatic heterocycles. The molecule has 0 saturated carbocycles. The molecule has 1 unspecified atom stereocenters. The molecule has 0 bridgehead atoms. The van der Waals surface area contributed by atoms with Crippen LogP contribution in [0.3, 0.4) is 0 Å². The standard InChI is InChI=1S/C20H22N2O5S/c1-3-16-9-17-18(28-16)21-12-22(19(17)24)10-14(23)11-27-15-7-5-13(6-8-15)20(25)26-4-2/h5-9,12,14,23H,3-4,10-11H2,1-2H3. The highest BCUT2D eigenvalue weighted by molar-refractivity contribution is 7.18. The third kappa shape index (κ3) is 4.58. The molecule has 148 valence electrons. The molecule has 0 saturated heterocycles. The summed E-state index contributed by atoms with van der Waals surface area (Å²) in [4.78, 5) is 30.3. The number of aliphatic hydroxyl groups is 1. The van der Waals surface area contributed by atoms with E-state index in [1.807, 2.05) is 13.0 Å². The number of ether oxygens (including phenoxy) is 2. The van der Waals surface area contributed by atoms with Gasteiger partial charge < -0.3 is 14.6 Å².